The Labute approximate surface area is 181 Å². The average Bonchev–Trinajstić information content (AvgIpc) is 2.75. The fraction of sp³-hybridized carbons (Fsp3) is 0.524. The summed E-state index contributed by atoms with van der Waals surface area (Å²) in [5, 5.41) is 17.0. The molecule has 1 unspecified atom stereocenters. The number of nitrogens with one attached hydrogen (secondary N) is 2. The second-order valence-corrected chi connectivity index (χ2v) is 6.88. The predicted octanol–water partition coefficient (Wildman–Crippen LogP) is 3.75. The molecule has 170 valence electrons. The highest BCUT2D eigenvalue weighted by Gasteiger charge is 2.35. The molecular formula is C21H29N3O7. The molecule has 31 heavy (non-hydrogen) atoms. The van der Waals surface area contributed by atoms with Crippen LogP contribution in [0.4, 0.5) is 10.5 Å². The first-order valence-electron chi connectivity index (χ1n) is 10.3. The largest absolute Gasteiger partial charge is 0.493 e. The number of urea groups is 1. The van der Waals surface area contributed by atoms with Crippen LogP contribution >= 0.6 is 0 Å². The Kier molecular flexibility index (Phi) is 8.65. The molecule has 0 bridgehead atoms. The Morgan fingerprint density at radius 3 is 2.55 bits per heavy atom. The summed E-state index contributed by atoms with van der Waals surface area (Å²) in [4.78, 5) is 36.0. The first-order valence-corrected chi connectivity index (χ1v) is 10.3. The zero-order chi connectivity index (χ0) is 23.0. The predicted molar refractivity (Wildman–Crippen MR) is 113 cm³/mol. The Hall–Kier alpha value is -3.30. The van der Waals surface area contributed by atoms with Gasteiger partial charge < -0.3 is 24.8 Å². The van der Waals surface area contributed by atoms with Crippen molar-refractivity contribution in [3.8, 4) is 11.5 Å². The van der Waals surface area contributed by atoms with Gasteiger partial charge in [0.05, 0.1) is 36.9 Å². The number of carbonyl (C=O) groups excluding carboxylic acids is 2. The number of hydrogen-bond donors (Lipinski definition) is 2. The van der Waals surface area contributed by atoms with E-state index in [1.54, 1.807) is 13.8 Å². The van der Waals surface area contributed by atoms with Crippen molar-refractivity contribution in [2.75, 3.05) is 20.3 Å². The van der Waals surface area contributed by atoms with E-state index in [0.29, 0.717) is 24.3 Å². The third-order valence-corrected chi connectivity index (χ3v) is 4.80. The van der Waals surface area contributed by atoms with Crippen LogP contribution in [0.5, 0.6) is 11.5 Å². The molecule has 0 fully saturated rings. The van der Waals surface area contributed by atoms with Gasteiger partial charge in [0, 0.05) is 11.8 Å². The van der Waals surface area contributed by atoms with Crippen molar-refractivity contribution in [1.29, 1.82) is 0 Å². The minimum absolute atomic E-state index is 0.0185. The van der Waals surface area contributed by atoms with E-state index in [1.807, 2.05) is 6.92 Å². The number of amides is 2. The summed E-state index contributed by atoms with van der Waals surface area (Å²) in [6, 6.07) is 1.37. The number of esters is 1. The molecule has 0 saturated carbocycles. The number of rotatable bonds is 11. The highest BCUT2D eigenvalue weighted by Crippen LogP contribution is 2.42. The minimum Gasteiger partial charge on any atom is -0.493 e. The van der Waals surface area contributed by atoms with Crippen LogP contribution in [0.3, 0.4) is 0 Å². The number of carbonyl (C=O) groups is 2. The van der Waals surface area contributed by atoms with E-state index >= 15 is 0 Å². The lowest BCUT2D eigenvalue weighted by Gasteiger charge is -2.29. The van der Waals surface area contributed by atoms with E-state index in [-0.39, 0.29) is 29.4 Å². The molecule has 1 heterocycles. The molecule has 2 N–H and O–H groups in total. The van der Waals surface area contributed by atoms with E-state index in [2.05, 4.69) is 10.6 Å². The number of allylic oxidation sites excluding steroid dienone is 1. The Balaban J connectivity index is 2.56. The molecule has 10 nitrogen and oxygen atoms in total. The molecule has 1 aliphatic rings. The minimum atomic E-state index is -0.940. The molecule has 2 rings (SSSR count). The molecule has 0 spiro atoms. The summed E-state index contributed by atoms with van der Waals surface area (Å²) in [6.45, 7) is 5.96. The quantitative estimate of drug-likeness (QED) is 0.234. The average molecular weight is 435 g/mol. The summed E-state index contributed by atoms with van der Waals surface area (Å²) < 4.78 is 16.2. The smallest absolute Gasteiger partial charge is 0.338 e. The van der Waals surface area contributed by atoms with Gasteiger partial charge >= 0.3 is 17.7 Å². The molecule has 0 aliphatic carbocycles. The second kappa shape index (κ2) is 11.2. The van der Waals surface area contributed by atoms with Gasteiger partial charge in [-0.05, 0) is 31.4 Å². The van der Waals surface area contributed by atoms with E-state index in [0.717, 1.165) is 19.3 Å². The third-order valence-electron chi connectivity index (χ3n) is 4.80. The number of nitro groups is 1. The molecule has 1 aromatic carbocycles. The molecule has 1 aliphatic heterocycles. The molecule has 1 atom stereocenters. The van der Waals surface area contributed by atoms with Crippen molar-refractivity contribution in [3.63, 3.8) is 0 Å². The van der Waals surface area contributed by atoms with Gasteiger partial charge in [-0.15, -0.1) is 0 Å². The van der Waals surface area contributed by atoms with Gasteiger partial charge in [0.15, 0.2) is 5.75 Å². The van der Waals surface area contributed by atoms with Gasteiger partial charge in [-0.2, -0.15) is 0 Å². The van der Waals surface area contributed by atoms with Crippen molar-refractivity contribution in [2.24, 2.45) is 0 Å². The number of methoxy groups -OCH3 is 1. The third kappa shape index (κ3) is 5.65. The van der Waals surface area contributed by atoms with E-state index in [4.69, 9.17) is 14.2 Å². The number of hydrogen-bond acceptors (Lipinski definition) is 7. The van der Waals surface area contributed by atoms with E-state index < -0.39 is 23.0 Å². The fourth-order valence-electron chi connectivity index (χ4n) is 3.33. The van der Waals surface area contributed by atoms with Gasteiger partial charge in [-0.25, -0.2) is 9.59 Å². The first-order chi connectivity index (χ1) is 14.9. The number of ether oxygens (including phenoxy) is 3. The first kappa shape index (κ1) is 24.0. The van der Waals surface area contributed by atoms with Gasteiger partial charge in [0.2, 0.25) is 5.75 Å². The highest BCUT2D eigenvalue weighted by atomic mass is 16.6. The molecule has 0 radical (unpaired) electrons. The van der Waals surface area contributed by atoms with Crippen LogP contribution in [-0.4, -0.2) is 37.2 Å². The van der Waals surface area contributed by atoms with Crippen LogP contribution in [0.2, 0.25) is 0 Å². The topological polar surface area (TPSA) is 129 Å². The van der Waals surface area contributed by atoms with Gasteiger partial charge in [0.1, 0.15) is 0 Å². The summed E-state index contributed by atoms with van der Waals surface area (Å²) in [7, 11) is 1.38. The summed E-state index contributed by atoms with van der Waals surface area (Å²) in [6.07, 6.45) is 3.04. The summed E-state index contributed by atoms with van der Waals surface area (Å²) in [5.41, 5.74) is 0.596. The number of nitro benzene ring substituents is 1. The van der Waals surface area contributed by atoms with Gasteiger partial charge in [-0.1, -0.05) is 26.7 Å². The molecular weight excluding hydrogens is 406 g/mol. The fourth-order valence-corrected chi connectivity index (χ4v) is 3.33. The Morgan fingerprint density at radius 1 is 1.23 bits per heavy atom. The zero-order valence-corrected chi connectivity index (χ0v) is 18.3. The van der Waals surface area contributed by atoms with Crippen molar-refractivity contribution in [1.82, 2.24) is 10.6 Å². The van der Waals surface area contributed by atoms with Crippen molar-refractivity contribution < 1.29 is 28.7 Å². The van der Waals surface area contributed by atoms with E-state index in [1.165, 1.54) is 19.2 Å². The maximum Gasteiger partial charge on any atom is 0.338 e. The normalized spacial score (nSPS) is 15.7. The second-order valence-electron chi connectivity index (χ2n) is 6.88. The number of benzene rings is 1. The standard InChI is InChI=1S/C21H29N3O7/c1-5-8-9-10-31-19-15(24(27)28)11-13(12-16(19)29-4)18-17(20(25)30-7-3)14(6-2)22-21(26)23-18/h11-12,18H,5-10H2,1-4H3,(H2,22,23,26). The maximum atomic E-state index is 12.6. The lowest BCUT2D eigenvalue weighted by atomic mass is 9.93. The Morgan fingerprint density at radius 2 is 1.97 bits per heavy atom. The van der Waals surface area contributed by atoms with Crippen LogP contribution in [0.1, 0.15) is 58.1 Å². The highest BCUT2D eigenvalue weighted by molar-refractivity contribution is 5.95. The van der Waals surface area contributed by atoms with Gasteiger partial charge in [-0.3, -0.25) is 10.1 Å². The van der Waals surface area contributed by atoms with Crippen LogP contribution in [0.15, 0.2) is 23.4 Å². The summed E-state index contributed by atoms with van der Waals surface area (Å²) in [5.74, 6) is -0.446. The number of unbranched alkanes of at least 4 members (excludes halogenated alkanes) is 2. The van der Waals surface area contributed by atoms with Gasteiger partial charge in [0.25, 0.3) is 0 Å². The maximum absolute atomic E-state index is 12.6. The number of nitrogens with zero attached hydrogens (tertiary/aromatic N) is 1. The van der Waals surface area contributed by atoms with Crippen LogP contribution in [-0.2, 0) is 9.53 Å². The zero-order valence-electron chi connectivity index (χ0n) is 18.3. The lowest BCUT2D eigenvalue weighted by Crippen LogP contribution is -2.45. The molecule has 10 heteroatoms. The van der Waals surface area contributed by atoms with Crippen molar-refractivity contribution in [2.45, 2.75) is 52.5 Å². The van der Waals surface area contributed by atoms with Crippen LogP contribution in [0, 0.1) is 10.1 Å². The van der Waals surface area contributed by atoms with Crippen LogP contribution < -0.4 is 20.1 Å². The van der Waals surface area contributed by atoms with Crippen molar-refractivity contribution >= 4 is 17.7 Å². The molecule has 2 amide bonds. The molecule has 1 aromatic rings. The molecule has 0 saturated heterocycles. The Bertz CT molecular complexity index is 867. The monoisotopic (exact) mass is 435 g/mol. The molecule has 0 aromatic heterocycles. The van der Waals surface area contributed by atoms with Crippen LogP contribution in [0.25, 0.3) is 0 Å². The lowest BCUT2D eigenvalue weighted by molar-refractivity contribution is -0.386. The van der Waals surface area contributed by atoms with E-state index in [9.17, 15) is 19.7 Å². The van der Waals surface area contributed by atoms with Crippen molar-refractivity contribution in [3.05, 3.63) is 39.1 Å². The SMILES string of the molecule is CCCCCOc1c(OC)cc(C2NC(=O)NC(CC)=C2C(=O)OCC)cc1[N+](=O)[O-]. The summed E-state index contributed by atoms with van der Waals surface area (Å²) >= 11 is 0.